The number of alkyl halides is 3. The number of anilines is 1. The molecule has 12 heteroatoms. The monoisotopic (exact) mass is 363 g/mol. The van der Waals surface area contributed by atoms with Crippen LogP contribution in [-0.4, -0.2) is 39.9 Å². The molecule has 0 atom stereocenters. The highest BCUT2D eigenvalue weighted by Gasteiger charge is 2.38. The van der Waals surface area contributed by atoms with Crippen molar-refractivity contribution in [3.63, 3.8) is 0 Å². The maximum absolute atomic E-state index is 13.6. The molecule has 8 nitrogen and oxygen atoms in total. The van der Waals surface area contributed by atoms with Gasteiger partial charge in [-0.1, -0.05) is 0 Å². The molecule has 0 saturated heterocycles. The Morgan fingerprint density at radius 1 is 1.28 bits per heavy atom. The molecular formula is C13H9F4N3O5. The number of benzene rings is 1. The maximum atomic E-state index is 13.6. The first-order chi connectivity index (χ1) is 11.6. The summed E-state index contributed by atoms with van der Waals surface area (Å²) in [6.07, 6.45) is -4.42. The molecule has 0 aromatic heterocycles. The van der Waals surface area contributed by atoms with E-state index in [0.29, 0.717) is 4.90 Å². The predicted octanol–water partition coefficient (Wildman–Crippen LogP) is 1.41. The van der Waals surface area contributed by atoms with Crippen molar-refractivity contribution in [2.45, 2.75) is 6.18 Å². The molecule has 1 aromatic rings. The number of nitrogens with one attached hydrogen (secondary N) is 1. The molecule has 1 heterocycles. The molecule has 1 aliphatic rings. The molecule has 0 spiro atoms. The van der Waals surface area contributed by atoms with Crippen molar-refractivity contribution in [3.05, 3.63) is 45.4 Å². The van der Waals surface area contributed by atoms with Crippen molar-refractivity contribution >= 4 is 23.2 Å². The summed E-state index contributed by atoms with van der Waals surface area (Å²) >= 11 is 0. The average molecular weight is 363 g/mol. The minimum atomic E-state index is -5.15. The molecule has 0 aliphatic carbocycles. The van der Waals surface area contributed by atoms with Crippen LogP contribution in [0.25, 0.3) is 0 Å². The number of halogens is 4. The fourth-order valence-corrected chi connectivity index (χ4v) is 2.09. The number of carbonyl (C=O) groups excluding carboxylic acids is 2. The Kier molecular flexibility index (Phi) is 4.74. The van der Waals surface area contributed by atoms with E-state index in [4.69, 9.17) is 5.11 Å². The largest absolute Gasteiger partial charge is 0.419 e. The van der Waals surface area contributed by atoms with Crippen LogP contribution in [0, 0.1) is 15.9 Å². The Morgan fingerprint density at radius 3 is 2.44 bits per heavy atom. The number of imide groups is 1. The summed E-state index contributed by atoms with van der Waals surface area (Å²) in [6, 6.07) is 0.208. The lowest BCUT2D eigenvalue weighted by molar-refractivity contribution is -0.384. The molecule has 134 valence electrons. The fourth-order valence-electron chi connectivity index (χ4n) is 2.09. The number of hydrogen-bond acceptors (Lipinski definition) is 6. The number of amides is 2. The number of nitro benzene ring substituents is 1. The van der Waals surface area contributed by atoms with Gasteiger partial charge in [-0.25, -0.2) is 4.39 Å². The molecule has 2 amide bonds. The van der Waals surface area contributed by atoms with Gasteiger partial charge in [-0.05, 0) is 0 Å². The van der Waals surface area contributed by atoms with Gasteiger partial charge in [0.05, 0.1) is 23.6 Å². The van der Waals surface area contributed by atoms with Crippen LogP contribution in [0.5, 0.6) is 0 Å². The molecule has 1 aliphatic heterocycles. The fraction of sp³-hybridized carbons (Fsp3) is 0.231. The minimum absolute atomic E-state index is 0.00896. The van der Waals surface area contributed by atoms with E-state index in [1.165, 1.54) is 0 Å². The number of β-amino-alcohol motifs (C(OH)–C–C–N with tert-alkyl or cyclic N) is 1. The third kappa shape index (κ3) is 3.57. The van der Waals surface area contributed by atoms with Gasteiger partial charge in [0.1, 0.15) is 17.2 Å². The van der Waals surface area contributed by atoms with Gasteiger partial charge in [0.2, 0.25) is 0 Å². The summed E-state index contributed by atoms with van der Waals surface area (Å²) in [5.74, 6) is -3.59. The summed E-state index contributed by atoms with van der Waals surface area (Å²) in [5.41, 5.74) is -4.19. The Hall–Kier alpha value is -3.02. The normalized spacial score (nSPS) is 14.8. The lowest BCUT2D eigenvalue weighted by Gasteiger charge is -2.14. The van der Waals surface area contributed by atoms with E-state index in [-0.39, 0.29) is 18.7 Å². The molecule has 0 fully saturated rings. The van der Waals surface area contributed by atoms with Crippen LogP contribution in [0.15, 0.2) is 23.9 Å². The summed E-state index contributed by atoms with van der Waals surface area (Å²) in [4.78, 5) is 33.9. The van der Waals surface area contributed by atoms with E-state index < -0.39 is 58.0 Å². The first kappa shape index (κ1) is 18.3. The minimum Gasteiger partial charge on any atom is -0.395 e. The van der Waals surface area contributed by atoms with Crippen LogP contribution in [0.3, 0.4) is 0 Å². The van der Waals surface area contributed by atoms with Gasteiger partial charge in [-0.15, -0.1) is 0 Å². The van der Waals surface area contributed by atoms with Gasteiger partial charge >= 0.3 is 6.18 Å². The number of hydrogen-bond donors (Lipinski definition) is 2. The topological polar surface area (TPSA) is 113 Å². The second kappa shape index (κ2) is 6.47. The van der Waals surface area contributed by atoms with E-state index in [9.17, 15) is 37.3 Å². The first-order valence-electron chi connectivity index (χ1n) is 6.56. The van der Waals surface area contributed by atoms with Crippen LogP contribution in [0.1, 0.15) is 5.56 Å². The molecule has 0 saturated carbocycles. The second-order valence-electron chi connectivity index (χ2n) is 4.81. The number of aliphatic hydroxyl groups is 1. The van der Waals surface area contributed by atoms with Crippen molar-refractivity contribution in [2.75, 3.05) is 18.5 Å². The Bertz CT molecular complexity index is 791. The van der Waals surface area contributed by atoms with Gasteiger partial charge < -0.3 is 10.4 Å². The summed E-state index contributed by atoms with van der Waals surface area (Å²) < 4.78 is 51.6. The molecule has 25 heavy (non-hydrogen) atoms. The summed E-state index contributed by atoms with van der Waals surface area (Å²) in [6.45, 7) is -0.879. The van der Waals surface area contributed by atoms with E-state index in [0.717, 1.165) is 6.08 Å². The number of rotatable bonds is 5. The molecule has 0 radical (unpaired) electrons. The Morgan fingerprint density at radius 2 is 1.92 bits per heavy atom. The van der Waals surface area contributed by atoms with Gasteiger partial charge in [-0.3, -0.25) is 24.6 Å². The van der Waals surface area contributed by atoms with E-state index in [1.54, 1.807) is 0 Å². The van der Waals surface area contributed by atoms with Crippen LogP contribution >= 0.6 is 0 Å². The maximum Gasteiger partial charge on any atom is 0.419 e. The zero-order valence-electron chi connectivity index (χ0n) is 12.1. The Labute approximate surface area is 136 Å². The van der Waals surface area contributed by atoms with E-state index >= 15 is 0 Å². The van der Waals surface area contributed by atoms with Crippen LogP contribution in [0.2, 0.25) is 0 Å². The molecular weight excluding hydrogens is 354 g/mol. The third-order valence-corrected chi connectivity index (χ3v) is 3.19. The predicted molar refractivity (Wildman–Crippen MR) is 73.6 cm³/mol. The zero-order valence-corrected chi connectivity index (χ0v) is 12.1. The van der Waals surface area contributed by atoms with Crippen molar-refractivity contribution in [3.8, 4) is 0 Å². The van der Waals surface area contributed by atoms with Gasteiger partial charge in [0.25, 0.3) is 17.5 Å². The average Bonchev–Trinajstić information content (AvgIpc) is 2.73. The second-order valence-corrected chi connectivity index (χ2v) is 4.81. The van der Waals surface area contributed by atoms with Crippen LogP contribution in [-0.2, 0) is 15.8 Å². The zero-order chi connectivity index (χ0) is 18.9. The lowest BCUT2D eigenvalue weighted by Crippen LogP contribution is -2.34. The quantitative estimate of drug-likeness (QED) is 0.354. The molecule has 2 N–H and O–H groups in total. The molecule has 1 aromatic carbocycles. The highest BCUT2D eigenvalue weighted by Crippen LogP contribution is 2.37. The number of nitro groups is 1. The van der Waals surface area contributed by atoms with Crippen LogP contribution in [0.4, 0.5) is 28.9 Å². The number of aliphatic hydroxyl groups excluding tert-OH is 1. The van der Waals surface area contributed by atoms with Crippen molar-refractivity contribution in [1.82, 2.24) is 4.90 Å². The van der Waals surface area contributed by atoms with Crippen molar-refractivity contribution in [2.24, 2.45) is 0 Å². The lowest BCUT2D eigenvalue weighted by atomic mass is 10.1. The number of nitrogens with zero attached hydrogens (tertiary/aromatic N) is 2. The highest BCUT2D eigenvalue weighted by molar-refractivity contribution is 6.17. The van der Waals surface area contributed by atoms with Gasteiger partial charge in [-0.2, -0.15) is 13.2 Å². The van der Waals surface area contributed by atoms with Gasteiger partial charge in [0.15, 0.2) is 0 Å². The van der Waals surface area contributed by atoms with Gasteiger partial charge in [0, 0.05) is 18.2 Å². The van der Waals surface area contributed by atoms with E-state index in [2.05, 4.69) is 5.32 Å². The van der Waals surface area contributed by atoms with Crippen molar-refractivity contribution in [1.29, 1.82) is 0 Å². The van der Waals surface area contributed by atoms with E-state index in [1.807, 2.05) is 0 Å². The SMILES string of the molecule is O=C1C=C(Nc2cc(F)c(C(F)(F)F)cc2[N+](=O)[O-])C(=O)N1CCO. The first-order valence-corrected chi connectivity index (χ1v) is 6.56. The summed E-state index contributed by atoms with van der Waals surface area (Å²) in [5, 5.41) is 21.8. The van der Waals surface area contributed by atoms with Crippen molar-refractivity contribution < 1.29 is 37.2 Å². The number of carbonyl (C=O) groups is 2. The highest BCUT2D eigenvalue weighted by atomic mass is 19.4. The Balaban J connectivity index is 2.42. The third-order valence-electron chi connectivity index (χ3n) is 3.19. The molecule has 0 bridgehead atoms. The smallest absolute Gasteiger partial charge is 0.395 e. The summed E-state index contributed by atoms with van der Waals surface area (Å²) in [7, 11) is 0. The van der Waals surface area contributed by atoms with Crippen LogP contribution < -0.4 is 5.32 Å². The molecule has 2 rings (SSSR count). The molecule has 0 unspecified atom stereocenters. The standard InChI is InChI=1S/C13H9F4N3O5/c14-7-4-8(10(20(24)25)3-6(7)13(15,16)17)18-9-5-11(22)19(1-2-21)12(9)23/h3-5,18,21H,1-2H2.